The Labute approximate surface area is 73.8 Å². The van der Waals surface area contributed by atoms with E-state index in [1.54, 1.807) is 0 Å². The molecule has 0 spiro atoms. The van der Waals surface area contributed by atoms with Crippen molar-refractivity contribution in [2.75, 3.05) is 0 Å². The van der Waals surface area contributed by atoms with Crippen LogP contribution in [0.5, 0.6) is 0 Å². The summed E-state index contributed by atoms with van der Waals surface area (Å²) in [4.78, 5) is 11.8. The van der Waals surface area contributed by atoms with Crippen molar-refractivity contribution in [1.29, 1.82) is 0 Å². The fourth-order valence-electron chi connectivity index (χ4n) is 2.43. The monoisotopic (exact) mass is 164 g/mol. The van der Waals surface area contributed by atoms with Gasteiger partial charge in [0.25, 0.3) is 0 Å². The lowest BCUT2D eigenvalue weighted by molar-refractivity contribution is -0.124. The third-order valence-electron chi connectivity index (χ3n) is 3.54. The highest BCUT2D eigenvalue weighted by Crippen LogP contribution is 2.61. The van der Waals surface area contributed by atoms with Crippen LogP contribution < -0.4 is 0 Å². The van der Waals surface area contributed by atoms with Crippen molar-refractivity contribution in [3.05, 3.63) is 12.2 Å². The molecule has 0 amide bonds. The number of Topliss-reactive ketones (excluding diaryl/α,β-unsaturated/α-hetero) is 1. The fraction of sp³-hybridized carbons (Fsp3) is 0.727. The van der Waals surface area contributed by atoms with Gasteiger partial charge in [-0.05, 0) is 17.8 Å². The largest absolute Gasteiger partial charge is 0.299 e. The van der Waals surface area contributed by atoms with Crippen molar-refractivity contribution >= 4 is 5.78 Å². The molecular formula is C11H16O. The number of carbonyl (C=O) groups is 1. The fourth-order valence-corrected chi connectivity index (χ4v) is 2.43. The molecule has 0 bridgehead atoms. The normalized spacial score (nSPS) is 43.6. The van der Waals surface area contributed by atoms with Gasteiger partial charge >= 0.3 is 0 Å². The molecule has 3 unspecified atom stereocenters. The SMILES string of the molecule is CC1CC=CC2C(C1=O)C2(C)C. The second-order valence-corrected chi connectivity index (χ2v) is 4.79. The van der Waals surface area contributed by atoms with E-state index >= 15 is 0 Å². The first kappa shape index (κ1) is 8.03. The van der Waals surface area contributed by atoms with Gasteiger partial charge in [-0.15, -0.1) is 0 Å². The number of hydrogen-bond donors (Lipinski definition) is 0. The molecule has 0 aromatic rings. The molecule has 1 nitrogen and oxygen atoms in total. The molecule has 2 aliphatic carbocycles. The summed E-state index contributed by atoms with van der Waals surface area (Å²) in [5, 5.41) is 0. The van der Waals surface area contributed by atoms with Gasteiger partial charge in [-0.1, -0.05) is 32.9 Å². The lowest BCUT2D eigenvalue weighted by Crippen LogP contribution is -2.14. The zero-order valence-corrected chi connectivity index (χ0v) is 8.00. The molecule has 1 fully saturated rings. The summed E-state index contributed by atoms with van der Waals surface area (Å²) in [5.41, 5.74) is 0.252. The summed E-state index contributed by atoms with van der Waals surface area (Å²) in [6, 6.07) is 0. The number of allylic oxidation sites excluding steroid dienone is 2. The van der Waals surface area contributed by atoms with E-state index in [2.05, 4.69) is 26.0 Å². The van der Waals surface area contributed by atoms with Crippen LogP contribution >= 0.6 is 0 Å². The van der Waals surface area contributed by atoms with Gasteiger partial charge in [0.2, 0.25) is 0 Å². The van der Waals surface area contributed by atoms with Crippen LogP contribution in [0.2, 0.25) is 0 Å². The average molecular weight is 164 g/mol. The Morgan fingerprint density at radius 1 is 1.50 bits per heavy atom. The van der Waals surface area contributed by atoms with Crippen molar-refractivity contribution in [3.8, 4) is 0 Å². The van der Waals surface area contributed by atoms with Gasteiger partial charge in [-0.2, -0.15) is 0 Å². The minimum absolute atomic E-state index is 0.248. The maximum atomic E-state index is 11.8. The Balaban J connectivity index is 2.26. The summed E-state index contributed by atoms with van der Waals surface area (Å²) >= 11 is 0. The van der Waals surface area contributed by atoms with Crippen molar-refractivity contribution in [1.82, 2.24) is 0 Å². The summed E-state index contributed by atoms with van der Waals surface area (Å²) in [6.45, 7) is 6.44. The molecule has 0 aromatic heterocycles. The lowest BCUT2D eigenvalue weighted by Gasteiger charge is -2.08. The highest BCUT2D eigenvalue weighted by Gasteiger charge is 2.60. The molecule has 0 heterocycles. The highest BCUT2D eigenvalue weighted by atomic mass is 16.1. The summed E-state index contributed by atoms with van der Waals surface area (Å²) in [7, 11) is 0. The summed E-state index contributed by atoms with van der Waals surface area (Å²) < 4.78 is 0. The van der Waals surface area contributed by atoms with Gasteiger partial charge in [0.15, 0.2) is 0 Å². The van der Waals surface area contributed by atoms with Crippen LogP contribution in [-0.4, -0.2) is 5.78 Å². The van der Waals surface area contributed by atoms with Gasteiger partial charge in [-0.25, -0.2) is 0 Å². The predicted octanol–water partition coefficient (Wildman–Crippen LogP) is 2.42. The van der Waals surface area contributed by atoms with Gasteiger partial charge in [-0.3, -0.25) is 4.79 Å². The van der Waals surface area contributed by atoms with Crippen LogP contribution in [0.4, 0.5) is 0 Å². The highest BCUT2D eigenvalue weighted by molar-refractivity contribution is 5.88. The number of ketones is 1. The van der Waals surface area contributed by atoms with E-state index in [0.717, 1.165) is 6.42 Å². The van der Waals surface area contributed by atoms with Crippen molar-refractivity contribution in [3.63, 3.8) is 0 Å². The Hall–Kier alpha value is -0.590. The Morgan fingerprint density at radius 3 is 2.83 bits per heavy atom. The second kappa shape index (κ2) is 2.21. The second-order valence-electron chi connectivity index (χ2n) is 4.79. The molecule has 1 heteroatoms. The van der Waals surface area contributed by atoms with Crippen molar-refractivity contribution < 1.29 is 4.79 Å². The van der Waals surface area contributed by atoms with Gasteiger partial charge in [0.1, 0.15) is 5.78 Å². The molecule has 0 aliphatic heterocycles. The molecule has 2 aliphatic rings. The first-order valence-corrected chi connectivity index (χ1v) is 4.75. The third kappa shape index (κ3) is 0.886. The summed E-state index contributed by atoms with van der Waals surface area (Å²) in [5.74, 6) is 1.59. The molecule has 0 radical (unpaired) electrons. The van der Waals surface area contributed by atoms with Crippen molar-refractivity contribution in [2.45, 2.75) is 27.2 Å². The van der Waals surface area contributed by atoms with Gasteiger partial charge in [0.05, 0.1) is 0 Å². The van der Waals surface area contributed by atoms with Gasteiger partial charge < -0.3 is 0 Å². The van der Waals surface area contributed by atoms with Crippen LogP contribution in [0, 0.1) is 23.2 Å². The Bertz CT molecular complexity index is 250. The summed E-state index contributed by atoms with van der Waals surface area (Å²) in [6.07, 6.45) is 5.37. The molecule has 1 saturated carbocycles. The minimum atomic E-state index is 0.248. The average Bonchev–Trinajstić information content (AvgIpc) is 2.55. The van der Waals surface area contributed by atoms with E-state index in [0.29, 0.717) is 17.6 Å². The Morgan fingerprint density at radius 2 is 2.17 bits per heavy atom. The number of hydrogen-bond acceptors (Lipinski definition) is 1. The van der Waals surface area contributed by atoms with E-state index in [1.807, 2.05) is 6.92 Å². The maximum absolute atomic E-state index is 11.8. The maximum Gasteiger partial charge on any atom is 0.140 e. The van der Waals surface area contributed by atoms with Crippen molar-refractivity contribution in [2.24, 2.45) is 23.2 Å². The van der Waals surface area contributed by atoms with Crippen LogP contribution in [0.3, 0.4) is 0 Å². The van der Waals surface area contributed by atoms with E-state index < -0.39 is 0 Å². The van der Waals surface area contributed by atoms with E-state index in [-0.39, 0.29) is 11.3 Å². The quantitative estimate of drug-likeness (QED) is 0.502. The molecule has 66 valence electrons. The van der Waals surface area contributed by atoms with Crippen LogP contribution in [0.15, 0.2) is 12.2 Å². The number of fused-ring (bicyclic) bond motifs is 1. The molecule has 3 atom stereocenters. The smallest absolute Gasteiger partial charge is 0.140 e. The van der Waals surface area contributed by atoms with Crippen LogP contribution in [0.25, 0.3) is 0 Å². The van der Waals surface area contributed by atoms with E-state index in [4.69, 9.17) is 0 Å². The van der Waals surface area contributed by atoms with E-state index in [1.165, 1.54) is 0 Å². The molecule has 0 aromatic carbocycles. The molecule has 0 saturated heterocycles. The molecular weight excluding hydrogens is 148 g/mol. The third-order valence-corrected chi connectivity index (χ3v) is 3.54. The van der Waals surface area contributed by atoms with Crippen LogP contribution in [0.1, 0.15) is 27.2 Å². The minimum Gasteiger partial charge on any atom is -0.299 e. The van der Waals surface area contributed by atoms with Crippen LogP contribution in [-0.2, 0) is 4.79 Å². The topological polar surface area (TPSA) is 17.1 Å². The standard InChI is InChI=1S/C11H16O/c1-7-5-4-6-8-9(10(7)12)11(8,2)3/h4,6-9H,5H2,1-3H3. The number of rotatable bonds is 0. The first-order valence-electron chi connectivity index (χ1n) is 4.75. The molecule has 2 rings (SSSR count). The molecule has 0 N–H and O–H groups in total. The Kier molecular flexibility index (Phi) is 1.48. The molecule has 12 heavy (non-hydrogen) atoms. The zero-order valence-electron chi connectivity index (χ0n) is 8.00. The number of carbonyl (C=O) groups excluding carboxylic acids is 1. The first-order chi connectivity index (χ1) is 5.55. The lowest BCUT2D eigenvalue weighted by atomic mass is 9.95. The zero-order chi connectivity index (χ0) is 8.93. The van der Waals surface area contributed by atoms with Gasteiger partial charge in [0, 0.05) is 11.8 Å². The predicted molar refractivity (Wildman–Crippen MR) is 48.7 cm³/mol. The van der Waals surface area contributed by atoms with E-state index in [9.17, 15) is 4.79 Å².